The van der Waals surface area contributed by atoms with Gasteiger partial charge in [0.15, 0.2) is 0 Å². The molecule has 2 aromatic heterocycles. The van der Waals surface area contributed by atoms with E-state index in [1.54, 1.807) is 29.8 Å². The van der Waals surface area contributed by atoms with Gasteiger partial charge in [-0.1, -0.05) is 15.9 Å². The maximum Gasteiger partial charge on any atom is 0.252 e. The molecule has 2 aromatic rings. The monoisotopic (exact) mass is 352 g/mol. The maximum atomic E-state index is 12.1. The van der Waals surface area contributed by atoms with E-state index in [-0.39, 0.29) is 11.6 Å². The highest BCUT2D eigenvalue weighted by Crippen LogP contribution is 2.41. The Morgan fingerprint density at radius 3 is 2.95 bits per heavy atom. The smallest absolute Gasteiger partial charge is 0.252 e. The van der Waals surface area contributed by atoms with Gasteiger partial charge in [-0.25, -0.2) is 4.98 Å². The molecule has 0 amide bonds. The van der Waals surface area contributed by atoms with Crippen molar-refractivity contribution in [2.45, 2.75) is 31.4 Å². The third kappa shape index (κ3) is 2.82. The first-order chi connectivity index (χ1) is 10.00. The first kappa shape index (κ1) is 14.5. The molecule has 112 valence electrons. The third-order valence-electron chi connectivity index (χ3n) is 3.80. The molecule has 0 radical (unpaired) electrons. The average molecular weight is 353 g/mol. The maximum absolute atomic E-state index is 12.1. The number of aliphatic hydroxyl groups is 1. The van der Waals surface area contributed by atoms with Crippen LogP contribution >= 0.6 is 15.9 Å². The Bertz CT molecular complexity index is 718. The average Bonchev–Trinajstić information content (AvgIpc) is 2.42. The third-order valence-corrected chi connectivity index (χ3v) is 4.13. The van der Waals surface area contributed by atoms with Crippen molar-refractivity contribution in [2.24, 2.45) is 0 Å². The van der Waals surface area contributed by atoms with Gasteiger partial charge >= 0.3 is 0 Å². The number of pyridine rings is 2. The zero-order valence-electron chi connectivity index (χ0n) is 11.8. The Balaban J connectivity index is 2.00. The van der Waals surface area contributed by atoms with Gasteiger partial charge in [-0.3, -0.25) is 9.36 Å². The summed E-state index contributed by atoms with van der Waals surface area (Å²) in [7, 11) is 0. The quantitative estimate of drug-likeness (QED) is 0.857. The number of hydrogen-bond donors (Lipinski definition) is 1. The van der Waals surface area contributed by atoms with E-state index in [0.717, 1.165) is 10.7 Å². The van der Waals surface area contributed by atoms with Crippen molar-refractivity contribution >= 4 is 27.0 Å². The number of ether oxygens (including phenoxy) is 1. The topological polar surface area (TPSA) is 64.4 Å². The summed E-state index contributed by atoms with van der Waals surface area (Å²) in [4.78, 5) is 16.5. The largest absolute Gasteiger partial charge is 0.491 e. The van der Waals surface area contributed by atoms with Crippen molar-refractivity contribution in [3.05, 3.63) is 34.7 Å². The minimum atomic E-state index is -0.675. The zero-order valence-corrected chi connectivity index (χ0v) is 13.3. The lowest BCUT2D eigenvalue weighted by Gasteiger charge is -2.41. The van der Waals surface area contributed by atoms with Crippen LogP contribution in [0.3, 0.4) is 0 Å². The number of rotatable bonds is 4. The summed E-state index contributed by atoms with van der Waals surface area (Å²) in [6.07, 6.45) is 2.79. The highest BCUT2D eigenvalue weighted by atomic mass is 79.9. The van der Waals surface area contributed by atoms with Crippen LogP contribution in [0.2, 0.25) is 0 Å². The van der Waals surface area contributed by atoms with Crippen LogP contribution in [-0.4, -0.2) is 32.2 Å². The Morgan fingerprint density at radius 1 is 1.52 bits per heavy atom. The lowest BCUT2D eigenvalue weighted by atomic mass is 9.77. The van der Waals surface area contributed by atoms with Gasteiger partial charge < -0.3 is 9.84 Å². The summed E-state index contributed by atoms with van der Waals surface area (Å²) in [5.74, 6) is 0.688. The van der Waals surface area contributed by atoms with Gasteiger partial charge in [-0.2, -0.15) is 0 Å². The minimum absolute atomic E-state index is 0.0120. The molecule has 1 fully saturated rings. The van der Waals surface area contributed by atoms with E-state index in [9.17, 15) is 9.90 Å². The standard InChI is InChI=1S/C15H17BrN2O3/c1-15(20)7-11(8-15)18-13(19)3-2-10-6-12(21-5-4-16)9-17-14(10)18/h2-3,6,9,11,20H,4-5,7-8H2,1H3. The zero-order chi connectivity index (χ0) is 15.0. The molecule has 3 rings (SSSR count). The van der Waals surface area contributed by atoms with Gasteiger partial charge in [-0.05, 0) is 31.9 Å². The summed E-state index contributed by atoms with van der Waals surface area (Å²) in [5, 5.41) is 11.5. The summed E-state index contributed by atoms with van der Waals surface area (Å²) in [6.45, 7) is 2.36. The van der Waals surface area contributed by atoms with Crippen LogP contribution in [-0.2, 0) is 0 Å². The highest BCUT2D eigenvalue weighted by molar-refractivity contribution is 9.09. The molecule has 0 atom stereocenters. The number of halogens is 1. The van der Waals surface area contributed by atoms with E-state index in [0.29, 0.717) is 30.8 Å². The minimum Gasteiger partial charge on any atom is -0.491 e. The summed E-state index contributed by atoms with van der Waals surface area (Å²) in [6, 6.07) is 5.21. The van der Waals surface area contributed by atoms with Crippen molar-refractivity contribution in [3.8, 4) is 5.75 Å². The molecule has 21 heavy (non-hydrogen) atoms. The first-order valence-electron chi connectivity index (χ1n) is 6.93. The Hall–Kier alpha value is -1.40. The van der Waals surface area contributed by atoms with Crippen LogP contribution in [0, 0.1) is 0 Å². The number of aromatic nitrogens is 2. The van der Waals surface area contributed by atoms with E-state index in [1.807, 2.05) is 6.07 Å². The summed E-state index contributed by atoms with van der Waals surface area (Å²) in [5.41, 5.74) is -0.107. The molecular formula is C15H17BrN2O3. The van der Waals surface area contributed by atoms with Gasteiger partial charge in [-0.15, -0.1) is 0 Å². The fourth-order valence-electron chi connectivity index (χ4n) is 2.85. The van der Waals surface area contributed by atoms with Crippen molar-refractivity contribution in [1.29, 1.82) is 0 Å². The molecule has 5 nitrogen and oxygen atoms in total. The fourth-order valence-corrected chi connectivity index (χ4v) is 3.01. The molecule has 1 aliphatic carbocycles. The Labute approximate surface area is 130 Å². The van der Waals surface area contributed by atoms with E-state index in [4.69, 9.17) is 4.74 Å². The normalized spacial score (nSPS) is 24.8. The van der Waals surface area contributed by atoms with Crippen LogP contribution < -0.4 is 10.3 Å². The molecule has 1 N–H and O–H groups in total. The van der Waals surface area contributed by atoms with Gasteiger partial charge in [0.25, 0.3) is 5.56 Å². The summed E-state index contributed by atoms with van der Waals surface area (Å²) < 4.78 is 7.21. The van der Waals surface area contributed by atoms with Crippen LogP contribution in [0.15, 0.2) is 29.2 Å². The van der Waals surface area contributed by atoms with E-state index in [1.165, 1.54) is 0 Å². The molecule has 0 aliphatic heterocycles. The van der Waals surface area contributed by atoms with Gasteiger partial charge in [0.2, 0.25) is 0 Å². The van der Waals surface area contributed by atoms with Crippen molar-refractivity contribution in [3.63, 3.8) is 0 Å². The first-order valence-corrected chi connectivity index (χ1v) is 8.05. The number of fused-ring (bicyclic) bond motifs is 1. The van der Waals surface area contributed by atoms with Gasteiger partial charge in [0.05, 0.1) is 18.4 Å². The molecule has 0 spiro atoms. The lowest BCUT2D eigenvalue weighted by molar-refractivity contribution is -0.0507. The molecule has 0 aromatic carbocycles. The molecule has 1 saturated carbocycles. The molecule has 0 bridgehead atoms. The second kappa shape index (κ2) is 5.42. The van der Waals surface area contributed by atoms with Crippen LogP contribution in [0.5, 0.6) is 5.75 Å². The summed E-state index contributed by atoms with van der Waals surface area (Å²) >= 11 is 3.31. The number of nitrogens with zero attached hydrogens (tertiary/aromatic N) is 2. The second-order valence-corrected chi connectivity index (χ2v) is 6.51. The second-order valence-electron chi connectivity index (χ2n) is 5.72. The lowest BCUT2D eigenvalue weighted by Crippen LogP contribution is -2.45. The van der Waals surface area contributed by atoms with E-state index in [2.05, 4.69) is 20.9 Å². The molecule has 6 heteroatoms. The van der Waals surface area contributed by atoms with Crippen molar-refractivity contribution < 1.29 is 9.84 Å². The predicted molar refractivity (Wildman–Crippen MR) is 84.2 cm³/mol. The Morgan fingerprint density at radius 2 is 2.29 bits per heavy atom. The molecule has 2 heterocycles. The SMILES string of the molecule is CC1(O)CC(n2c(=O)ccc3cc(OCCBr)cnc32)C1. The fraction of sp³-hybridized carbons (Fsp3) is 0.467. The van der Waals surface area contributed by atoms with Crippen LogP contribution in [0.1, 0.15) is 25.8 Å². The van der Waals surface area contributed by atoms with Crippen LogP contribution in [0.25, 0.3) is 11.0 Å². The molecule has 0 unspecified atom stereocenters. The van der Waals surface area contributed by atoms with Crippen molar-refractivity contribution in [2.75, 3.05) is 11.9 Å². The number of hydrogen-bond acceptors (Lipinski definition) is 4. The van der Waals surface area contributed by atoms with E-state index < -0.39 is 5.60 Å². The number of alkyl halides is 1. The van der Waals surface area contributed by atoms with Crippen LogP contribution in [0.4, 0.5) is 0 Å². The van der Waals surface area contributed by atoms with Gasteiger partial charge in [0.1, 0.15) is 11.4 Å². The molecular weight excluding hydrogens is 336 g/mol. The van der Waals surface area contributed by atoms with Gasteiger partial charge in [0, 0.05) is 22.8 Å². The Kier molecular flexibility index (Phi) is 3.75. The predicted octanol–water partition coefficient (Wildman–Crippen LogP) is 2.26. The van der Waals surface area contributed by atoms with E-state index >= 15 is 0 Å². The highest BCUT2D eigenvalue weighted by Gasteiger charge is 2.40. The molecule has 0 saturated heterocycles. The molecule has 1 aliphatic rings. The van der Waals surface area contributed by atoms with Crippen molar-refractivity contribution in [1.82, 2.24) is 9.55 Å².